The van der Waals surface area contributed by atoms with E-state index in [0.717, 1.165) is 0 Å². The highest BCUT2D eigenvalue weighted by atomic mass is 16.5. The van der Waals surface area contributed by atoms with Crippen LogP contribution in [0.15, 0.2) is 23.0 Å². The van der Waals surface area contributed by atoms with Crippen molar-refractivity contribution in [1.29, 1.82) is 0 Å². The molecule has 0 atom stereocenters. The van der Waals surface area contributed by atoms with E-state index in [1.165, 1.54) is 26.5 Å². The van der Waals surface area contributed by atoms with E-state index in [1.807, 2.05) is 13.8 Å². The fraction of sp³-hybridized carbons (Fsp3) is 0.467. The number of allylic oxidation sites excluding steroid dienone is 1. The molecule has 0 aliphatic heterocycles. The highest BCUT2D eigenvalue weighted by molar-refractivity contribution is 6.03. The minimum atomic E-state index is -0.584. The Bertz CT molecular complexity index is 611. The number of hydrogen-bond donors (Lipinski definition) is 1. The van der Waals surface area contributed by atoms with Gasteiger partial charge in [-0.25, -0.2) is 14.8 Å². The van der Waals surface area contributed by atoms with Gasteiger partial charge in [0.1, 0.15) is 11.4 Å². The summed E-state index contributed by atoms with van der Waals surface area (Å²) in [6, 6.07) is 0.175. The molecular formula is C15H22N4O4. The van der Waals surface area contributed by atoms with Crippen molar-refractivity contribution in [3.8, 4) is 11.9 Å². The topological polar surface area (TPSA) is 109 Å². The average Bonchev–Trinajstić information content (AvgIpc) is 2.54. The molecular weight excluding hydrogens is 300 g/mol. The Labute approximate surface area is 135 Å². The number of aliphatic imine (C=N–C) groups is 1. The van der Waals surface area contributed by atoms with Gasteiger partial charge in [-0.3, -0.25) is 0 Å². The first-order valence-corrected chi connectivity index (χ1v) is 7.10. The molecule has 0 saturated carbocycles. The number of ether oxygens (including phenoxy) is 3. The average molecular weight is 322 g/mol. The summed E-state index contributed by atoms with van der Waals surface area (Å²) in [4.78, 5) is 24.1. The fourth-order valence-corrected chi connectivity index (χ4v) is 1.57. The van der Waals surface area contributed by atoms with Gasteiger partial charge in [0, 0.05) is 5.71 Å². The van der Waals surface area contributed by atoms with Crippen molar-refractivity contribution in [3.63, 3.8) is 0 Å². The van der Waals surface area contributed by atoms with Gasteiger partial charge in [-0.05, 0) is 18.9 Å². The molecule has 0 aromatic carbocycles. The molecule has 126 valence electrons. The molecule has 2 N–H and O–H groups in total. The third kappa shape index (κ3) is 5.24. The Morgan fingerprint density at radius 2 is 2.09 bits per heavy atom. The lowest BCUT2D eigenvalue weighted by atomic mass is 10.1. The van der Waals surface area contributed by atoms with Crippen molar-refractivity contribution in [2.45, 2.75) is 20.8 Å². The Morgan fingerprint density at radius 1 is 1.39 bits per heavy atom. The zero-order valence-electron chi connectivity index (χ0n) is 14.0. The summed E-state index contributed by atoms with van der Waals surface area (Å²) in [5, 5.41) is 0. The van der Waals surface area contributed by atoms with Crippen molar-refractivity contribution < 1.29 is 19.0 Å². The predicted molar refractivity (Wildman–Crippen MR) is 86.0 cm³/mol. The molecule has 0 spiro atoms. The number of carbonyl (C=O) groups is 1. The van der Waals surface area contributed by atoms with Gasteiger partial charge in [-0.2, -0.15) is 4.98 Å². The summed E-state index contributed by atoms with van der Waals surface area (Å²) < 4.78 is 15.0. The van der Waals surface area contributed by atoms with Gasteiger partial charge in [-0.15, -0.1) is 0 Å². The smallest absolute Gasteiger partial charge is 0.354 e. The lowest BCUT2D eigenvalue weighted by Crippen LogP contribution is -2.17. The minimum absolute atomic E-state index is 0.00906. The first kappa shape index (κ1) is 18.4. The molecule has 1 aromatic rings. The Kier molecular flexibility index (Phi) is 6.98. The summed E-state index contributed by atoms with van der Waals surface area (Å²) >= 11 is 0. The van der Waals surface area contributed by atoms with Crippen LogP contribution in [0.1, 0.15) is 20.8 Å². The molecule has 23 heavy (non-hydrogen) atoms. The third-order valence-electron chi connectivity index (χ3n) is 2.75. The van der Waals surface area contributed by atoms with Gasteiger partial charge in [0.05, 0.1) is 27.0 Å². The Hall–Kier alpha value is -2.64. The van der Waals surface area contributed by atoms with Crippen molar-refractivity contribution in [2.75, 3.05) is 20.8 Å². The summed E-state index contributed by atoms with van der Waals surface area (Å²) in [6.45, 7) is 5.80. The maximum Gasteiger partial charge on any atom is 0.354 e. The normalized spacial score (nSPS) is 12.3. The van der Waals surface area contributed by atoms with E-state index in [9.17, 15) is 4.79 Å². The summed E-state index contributed by atoms with van der Waals surface area (Å²) in [5.74, 6) is -0.313. The number of aromatic nitrogens is 2. The van der Waals surface area contributed by atoms with E-state index in [2.05, 4.69) is 15.0 Å². The van der Waals surface area contributed by atoms with Crippen LogP contribution in [0.2, 0.25) is 0 Å². The Morgan fingerprint density at radius 3 is 2.61 bits per heavy atom. The van der Waals surface area contributed by atoms with Gasteiger partial charge in [-0.1, -0.05) is 13.8 Å². The molecule has 1 heterocycles. The number of nitrogens with zero attached hydrogens (tertiary/aromatic N) is 3. The zero-order valence-corrected chi connectivity index (χ0v) is 14.0. The molecule has 8 nitrogen and oxygen atoms in total. The van der Waals surface area contributed by atoms with Gasteiger partial charge in [0.25, 0.3) is 0 Å². The van der Waals surface area contributed by atoms with Crippen LogP contribution in [0, 0.1) is 5.92 Å². The highest BCUT2D eigenvalue weighted by Crippen LogP contribution is 2.26. The number of methoxy groups -OCH3 is 2. The third-order valence-corrected chi connectivity index (χ3v) is 2.75. The molecule has 0 amide bonds. The number of nitrogens with two attached hydrogens (primary N) is 1. The molecule has 0 fully saturated rings. The number of esters is 1. The maximum absolute atomic E-state index is 11.6. The molecule has 0 aliphatic carbocycles. The van der Waals surface area contributed by atoms with E-state index in [0.29, 0.717) is 11.4 Å². The molecule has 0 aliphatic rings. The second kappa shape index (κ2) is 8.72. The molecule has 0 unspecified atom stereocenters. The first-order valence-electron chi connectivity index (χ1n) is 7.10. The van der Waals surface area contributed by atoms with E-state index in [-0.39, 0.29) is 30.1 Å². The SMILES string of the molecule is CCOC(=O)C(N)=CC(=Nc1cnc(OC)nc1OC)C(C)C. The number of hydrogen-bond acceptors (Lipinski definition) is 8. The Balaban J connectivity index is 3.22. The van der Waals surface area contributed by atoms with Gasteiger partial charge in [0.2, 0.25) is 5.88 Å². The van der Waals surface area contributed by atoms with Crippen LogP contribution in [0.5, 0.6) is 11.9 Å². The van der Waals surface area contributed by atoms with Crippen LogP contribution in [-0.2, 0) is 9.53 Å². The van der Waals surface area contributed by atoms with E-state index >= 15 is 0 Å². The van der Waals surface area contributed by atoms with E-state index in [4.69, 9.17) is 19.9 Å². The fourth-order valence-electron chi connectivity index (χ4n) is 1.57. The molecule has 8 heteroatoms. The molecule has 0 saturated heterocycles. The van der Waals surface area contributed by atoms with Gasteiger partial charge < -0.3 is 19.9 Å². The van der Waals surface area contributed by atoms with Crippen molar-refractivity contribution in [1.82, 2.24) is 9.97 Å². The lowest BCUT2D eigenvalue weighted by Gasteiger charge is -2.09. The monoisotopic (exact) mass is 322 g/mol. The van der Waals surface area contributed by atoms with E-state index < -0.39 is 5.97 Å². The lowest BCUT2D eigenvalue weighted by molar-refractivity contribution is -0.138. The van der Waals surface area contributed by atoms with Crippen molar-refractivity contribution >= 4 is 17.4 Å². The zero-order chi connectivity index (χ0) is 17.4. The first-order chi connectivity index (χ1) is 10.9. The minimum Gasteiger partial charge on any atom is -0.479 e. The van der Waals surface area contributed by atoms with Crippen molar-refractivity contribution in [2.24, 2.45) is 16.6 Å². The maximum atomic E-state index is 11.6. The number of carbonyl (C=O) groups excluding carboxylic acids is 1. The molecule has 0 radical (unpaired) electrons. The van der Waals surface area contributed by atoms with Crippen LogP contribution in [0.25, 0.3) is 0 Å². The second-order valence-corrected chi connectivity index (χ2v) is 4.76. The van der Waals surface area contributed by atoms with Crippen molar-refractivity contribution in [3.05, 3.63) is 18.0 Å². The second-order valence-electron chi connectivity index (χ2n) is 4.76. The van der Waals surface area contributed by atoms with Crippen LogP contribution in [0.3, 0.4) is 0 Å². The molecule has 1 aromatic heterocycles. The standard InChI is InChI=1S/C15H22N4O4/c1-6-23-14(20)10(16)7-11(9(2)3)18-12-8-17-15(22-5)19-13(12)21-4/h7-9H,6,16H2,1-5H3. The van der Waals surface area contributed by atoms with Crippen LogP contribution < -0.4 is 15.2 Å². The quantitative estimate of drug-likeness (QED) is 0.461. The predicted octanol–water partition coefficient (Wildman–Crippen LogP) is 1.63. The summed E-state index contributed by atoms with van der Waals surface area (Å²) in [6.07, 6.45) is 2.95. The van der Waals surface area contributed by atoms with Crippen LogP contribution in [0.4, 0.5) is 5.69 Å². The van der Waals surface area contributed by atoms with Gasteiger partial charge >= 0.3 is 12.0 Å². The summed E-state index contributed by atoms with van der Waals surface area (Å²) in [5.41, 5.74) is 6.69. The highest BCUT2D eigenvalue weighted by Gasteiger charge is 2.13. The molecule has 1 rings (SSSR count). The number of rotatable bonds is 7. The van der Waals surface area contributed by atoms with Gasteiger partial charge in [0.15, 0.2) is 0 Å². The molecule has 0 bridgehead atoms. The summed E-state index contributed by atoms with van der Waals surface area (Å²) in [7, 11) is 2.93. The van der Waals surface area contributed by atoms with Crippen LogP contribution >= 0.6 is 0 Å². The van der Waals surface area contributed by atoms with E-state index in [1.54, 1.807) is 6.92 Å². The largest absolute Gasteiger partial charge is 0.479 e. The van der Waals surface area contributed by atoms with Crippen LogP contribution in [-0.4, -0.2) is 42.5 Å².